The minimum Gasteiger partial charge on any atom is -0.496 e. The molecule has 0 spiro atoms. The van der Waals surface area contributed by atoms with Crippen LogP contribution in [-0.4, -0.2) is 55.6 Å². The number of aliphatic hydroxyl groups excluding tert-OH is 1. The molecule has 1 aliphatic rings. The SMILES string of the molecule is COc1ccccc1CN(CCO)C(=O)NC[C@H]1CCO[C@@H]1C(C)(C)C. The summed E-state index contributed by atoms with van der Waals surface area (Å²) >= 11 is 0. The first-order valence-electron chi connectivity index (χ1n) is 9.24. The standard InChI is InChI=1S/C20H32N2O4/c1-20(2,3)18-15(9-12-26-18)13-21-19(24)22(10-11-23)14-16-7-5-6-8-17(16)25-4/h5-8,15,18,23H,9-14H2,1-4H3,(H,21,24)/t15-,18+/m1/s1. The average Bonchev–Trinajstić information content (AvgIpc) is 3.08. The van der Waals surface area contributed by atoms with E-state index < -0.39 is 0 Å². The van der Waals surface area contributed by atoms with E-state index in [0.29, 0.717) is 19.0 Å². The number of nitrogens with one attached hydrogen (secondary N) is 1. The fourth-order valence-electron chi connectivity index (χ4n) is 3.54. The molecule has 0 aliphatic carbocycles. The van der Waals surface area contributed by atoms with Gasteiger partial charge in [0, 0.05) is 31.2 Å². The molecule has 0 radical (unpaired) electrons. The van der Waals surface area contributed by atoms with Crippen LogP contribution in [0.15, 0.2) is 24.3 Å². The molecule has 0 bridgehead atoms. The van der Waals surface area contributed by atoms with Crippen molar-refractivity contribution in [3.05, 3.63) is 29.8 Å². The van der Waals surface area contributed by atoms with E-state index in [1.165, 1.54) is 0 Å². The smallest absolute Gasteiger partial charge is 0.317 e. The van der Waals surface area contributed by atoms with Crippen molar-refractivity contribution in [2.45, 2.75) is 39.8 Å². The van der Waals surface area contributed by atoms with Crippen molar-refractivity contribution in [2.24, 2.45) is 11.3 Å². The van der Waals surface area contributed by atoms with Crippen molar-refractivity contribution in [1.82, 2.24) is 10.2 Å². The molecule has 2 N–H and O–H groups in total. The predicted molar refractivity (Wildman–Crippen MR) is 101 cm³/mol. The van der Waals surface area contributed by atoms with Crippen LogP contribution in [0.2, 0.25) is 0 Å². The van der Waals surface area contributed by atoms with E-state index in [9.17, 15) is 9.90 Å². The second-order valence-electron chi connectivity index (χ2n) is 7.85. The Labute approximate surface area is 156 Å². The molecule has 1 saturated heterocycles. The lowest BCUT2D eigenvalue weighted by molar-refractivity contribution is 0.00751. The van der Waals surface area contributed by atoms with E-state index in [4.69, 9.17) is 9.47 Å². The summed E-state index contributed by atoms with van der Waals surface area (Å²) in [5, 5.41) is 12.4. The monoisotopic (exact) mass is 364 g/mol. The van der Waals surface area contributed by atoms with Crippen LogP contribution >= 0.6 is 0 Å². The van der Waals surface area contributed by atoms with E-state index in [2.05, 4.69) is 26.1 Å². The second-order valence-corrected chi connectivity index (χ2v) is 7.85. The molecule has 26 heavy (non-hydrogen) atoms. The summed E-state index contributed by atoms with van der Waals surface area (Å²) in [5.41, 5.74) is 0.962. The summed E-state index contributed by atoms with van der Waals surface area (Å²) in [4.78, 5) is 14.3. The number of carbonyl (C=O) groups is 1. The first-order valence-corrected chi connectivity index (χ1v) is 9.24. The largest absolute Gasteiger partial charge is 0.496 e. The van der Waals surface area contributed by atoms with E-state index in [1.807, 2.05) is 24.3 Å². The fourth-order valence-corrected chi connectivity index (χ4v) is 3.54. The summed E-state index contributed by atoms with van der Waals surface area (Å²) in [6, 6.07) is 7.43. The Morgan fingerprint density at radius 2 is 2.12 bits per heavy atom. The van der Waals surface area contributed by atoms with Crippen molar-refractivity contribution in [2.75, 3.05) is 33.4 Å². The van der Waals surface area contributed by atoms with Crippen LogP contribution in [0.1, 0.15) is 32.8 Å². The number of hydrogen-bond acceptors (Lipinski definition) is 4. The maximum absolute atomic E-state index is 12.7. The molecule has 6 heteroatoms. The highest BCUT2D eigenvalue weighted by Crippen LogP contribution is 2.34. The van der Waals surface area contributed by atoms with E-state index in [0.717, 1.165) is 24.3 Å². The number of para-hydroxylation sites is 1. The molecule has 6 nitrogen and oxygen atoms in total. The Bertz CT molecular complexity index is 585. The third-order valence-corrected chi connectivity index (χ3v) is 4.79. The summed E-state index contributed by atoms with van der Waals surface area (Å²) in [7, 11) is 1.61. The van der Waals surface area contributed by atoms with Gasteiger partial charge in [0.25, 0.3) is 0 Å². The van der Waals surface area contributed by atoms with Gasteiger partial charge in [-0.05, 0) is 17.9 Å². The van der Waals surface area contributed by atoms with Gasteiger partial charge in [0.05, 0.1) is 26.4 Å². The number of urea groups is 1. The van der Waals surface area contributed by atoms with E-state index in [-0.39, 0.29) is 30.7 Å². The second kappa shape index (κ2) is 9.24. The molecule has 2 atom stereocenters. The molecule has 1 heterocycles. The van der Waals surface area contributed by atoms with Gasteiger partial charge in [0.1, 0.15) is 5.75 Å². The number of amides is 2. The fraction of sp³-hybridized carbons (Fsp3) is 0.650. The minimum absolute atomic E-state index is 0.0497. The number of carbonyl (C=O) groups excluding carboxylic acids is 1. The minimum atomic E-state index is -0.176. The van der Waals surface area contributed by atoms with Crippen molar-refractivity contribution >= 4 is 6.03 Å². The Kier molecular flexibility index (Phi) is 7.29. The van der Waals surface area contributed by atoms with Gasteiger partial charge < -0.3 is 24.8 Å². The van der Waals surface area contributed by atoms with Crippen LogP contribution < -0.4 is 10.1 Å². The number of rotatable bonds is 7. The molecule has 0 aromatic heterocycles. The zero-order valence-corrected chi connectivity index (χ0v) is 16.3. The highest BCUT2D eigenvalue weighted by Gasteiger charge is 2.37. The zero-order valence-electron chi connectivity index (χ0n) is 16.3. The van der Waals surface area contributed by atoms with Crippen LogP contribution in [0, 0.1) is 11.3 Å². The number of aliphatic hydroxyl groups is 1. The lowest BCUT2D eigenvalue weighted by Crippen LogP contribution is -2.45. The number of methoxy groups -OCH3 is 1. The number of nitrogens with zero attached hydrogens (tertiary/aromatic N) is 1. The quantitative estimate of drug-likeness (QED) is 0.780. The van der Waals surface area contributed by atoms with Crippen molar-refractivity contribution < 1.29 is 19.4 Å². The molecule has 1 aromatic carbocycles. The van der Waals surface area contributed by atoms with Gasteiger partial charge in [-0.25, -0.2) is 4.79 Å². The maximum Gasteiger partial charge on any atom is 0.317 e. The Morgan fingerprint density at radius 1 is 1.38 bits per heavy atom. The molecule has 1 aromatic rings. The first-order chi connectivity index (χ1) is 12.4. The molecule has 1 aliphatic heterocycles. The molecule has 2 rings (SSSR count). The highest BCUT2D eigenvalue weighted by molar-refractivity contribution is 5.74. The zero-order chi connectivity index (χ0) is 19.2. The number of benzene rings is 1. The van der Waals surface area contributed by atoms with Crippen LogP contribution in [0.3, 0.4) is 0 Å². The van der Waals surface area contributed by atoms with Crippen molar-refractivity contribution in [3.63, 3.8) is 0 Å². The van der Waals surface area contributed by atoms with Crippen LogP contribution in [0.5, 0.6) is 5.75 Å². The first kappa shape index (κ1) is 20.5. The highest BCUT2D eigenvalue weighted by atomic mass is 16.5. The molecular weight excluding hydrogens is 332 g/mol. The maximum atomic E-state index is 12.7. The van der Waals surface area contributed by atoms with Gasteiger partial charge >= 0.3 is 6.03 Å². The summed E-state index contributed by atoms with van der Waals surface area (Å²) in [6.45, 7) is 8.39. The predicted octanol–water partition coefficient (Wildman–Crippen LogP) is 2.65. The molecule has 2 amide bonds. The van der Waals surface area contributed by atoms with Crippen molar-refractivity contribution in [1.29, 1.82) is 0 Å². The summed E-state index contributed by atoms with van der Waals surface area (Å²) in [5.74, 6) is 1.04. The molecule has 1 fully saturated rings. The van der Waals surface area contributed by atoms with Crippen molar-refractivity contribution in [3.8, 4) is 5.75 Å². The molecule has 146 valence electrons. The van der Waals surface area contributed by atoms with Gasteiger partial charge in [0.15, 0.2) is 0 Å². The molecule has 0 saturated carbocycles. The third-order valence-electron chi connectivity index (χ3n) is 4.79. The molecular formula is C20H32N2O4. The third kappa shape index (κ3) is 5.35. The van der Waals surface area contributed by atoms with Gasteiger partial charge in [-0.3, -0.25) is 0 Å². The normalized spacial score (nSPS) is 20.0. The summed E-state index contributed by atoms with van der Waals surface area (Å²) in [6.07, 6.45) is 1.10. The van der Waals surface area contributed by atoms with Gasteiger partial charge in [-0.1, -0.05) is 39.0 Å². The summed E-state index contributed by atoms with van der Waals surface area (Å²) < 4.78 is 11.2. The van der Waals surface area contributed by atoms with Crippen LogP contribution in [0.25, 0.3) is 0 Å². The topological polar surface area (TPSA) is 71.0 Å². The Hall–Kier alpha value is -1.79. The van der Waals surface area contributed by atoms with Crippen LogP contribution in [-0.2, 0) is 11.3 Å². The van der Waals surface area contributed by atoms with E-state index >= 15 is 0 Å². The number of ether oxygens (including phenoxy) is 2. The Balaban J connectivity index is 1.98. The van der Waals surface area contributed by atoms with Gasteiger partial charge in [0.2, 0.25) is 0 Å². The molecule has 0 unspecified atom stereocenters. The van der Waals surface area contributed by atoms with E-state index in [1.54, 1.807) is 12.0 Å². The van der Waals surface area contributed by atoms with Crippen LogP contribution in [0.4, 0.5) is 4.79 Å². The average molecular weight is 364 g/mol. The number of hydrogen-bond donors (Lipinski definition) is 2. The lowest BCUT2D eigenvalue weighted by atomic mass is 9.81. The Morgan fingerprint density at radius 3 is 2.77 bits per heavy atom. The van der Waals surface area contributed by atoms with Gasteiger partial charge in [-0.2, -0.15) is 0 Å². The van der Waals surface area contributed by atoms with Gasteiger partial charge in [-0.15, -0.1) is 0 Å². The lowest BCUT2D eigenvalue weighted by Gasteiger charge is -2.32.